The van der Waals surface area contributed by atoms with Crippen molar-refractivity contribution in [2.24, 2.45) is 0 Å². The first-order valence-corrected chi connectivity index (χ1v) is 34.6. The topological polar surface area (TPSA) is 189 Å². The molecule has 1 aliphatic heterocycles. The summed E-state index contributed by atoms with van der Waals surface area (Å²) >= 11 is 0. The van der Waals surface area contributed by atoms with Gasteiger partial charge >= 0.3 is 0 Å². The minimum atomic E-state index is -1.67. The van der Waals surface area contributed by atoms with Crippen LogP contribution in [0.4, 0.5) is 0 Å². The van der Waals surface area contributed by atoms with Gasteiger partial charge < -0.3 is 50.5 Å². The molecule has 9 unspecified atom stereocenters. The van der Waals surface area contributed by atoms with Gasteiger partial charge in [-0.05, 0) is 38.5 Å². The van der Waals surface area contributed by atoms with Crippen LogP contribution in [0.3, 0.4) is 0 Å². The van der Waals surface area contributed by atoms with Gasteiger partial charge in [0.15, 0.2) is 6.29 Å². The summed E-state index contributed by atoms with van der Waals surface area (Å²) in [6.07, 6.45) is 58.7. The number of unbranched alkanes of at least 4 members (excludes halogenated alkanes) is 47. The molecule has 0 bridgehead atoms. The second-order valence-corrected chi connectivity index (χ2v) is 24.6. The molecule has 1 saturated heterocycles. The molecule has 1 rings (SSSR count). The Morgan fingerprint density at radius 1 is 0.430 bits per heavy atom. The summed E-state index contributed by atoms with van der Waals surface area (Å²) in [6.45, 7) is 3.51. The number of ether oxygens (including phenoxy) is 2. The Bertz CT molecular complexity index is 1290. The van der Waals surface area contributed by atoms with E-state index < -0.39 is 74.2 Å². The van der Waals surface area contributed by atoms with E-state index in [1.165, 1.54) is 276 Å². The van der Waals surface area contributed by atoms with Gasteiger partial charge in [0.1, 0.15) is 36.6 Å². The Balaban J connectivity index is 2.21. The summed E-state index contributed by atoms with van der Waals surface area (Å²) in [4.78, 5) is 13.2. The number of allylic oxidation sites excluding steroid dienone is 2. The maximum Gasteiger partial charge on any atom is 0.249 e. The highest BCUT2D eigenvalue weighted by molar-refractivity contribution is 5.80. The predicted octanol–water partition coefficient (Wildman–Crippen LogP) is 16.3. The summed E-state index contributed by atoms with van der Waals surface area (Å²) in [5, 5.41) is 76.4. The van der Waals surface area contributed by atoms with Crippen molar-refractivity contribution < 1.29 is 50.0 Å². The highest BCUT2D eigenvalue weighted by atomic mass is 16.7. The zero-order valence-corrected chi connectivity index (χ0v) is 51.9. The number of nitrogens with one attached hydrogen (secondary N) is 1. The van der Waals surface area contributed by atoms with E-state index in [-0.39, 0.29) is 12.8 Å². The van der Waals surface area contributed by atoms with Crippen molar-refractivity contribution in [2.45, 2.75) is 403 Å². The molecular formula is C68H133NO10. The van der Waals surface area contributed by atoms with Crippen molar-refractivity contribution in [2.75, 3.05) is 13.2 Å². The van der Waals surface area contributed by atoms with Gasteiger partial charge in [-0.3, -0.25) is 4.79 Å². The number of hydrogen-bond donors (Lipinski definition) is 8. The molecule has 470 valence electrons. The third kappa shape index (κ3) is 45.0. The summed E-state index contributed by atoms with van der Waals surface area (Å²) in [5.41, 5.74) is 0. The van der Waals surface area contributed by atoms with E-state index in [9.17, 15) is 40.5 Å². The molecule has 1 fully saturated rings. The highest BCUT2D eigenvalue weighted by Crippen LogP contribution is 2.24. The standard InChI is InChI=1S/C68H133NO10/c1-3-5-7-9-11-13-15-17-19-21-23-25-27-28-29-30-31-32-33-34-36-37-39-41-43-45-47-49-51-53-55-60(71)63(73)59(58-78-68-66(76)65(75)64(74)62(57-70)79-68)69-67(77)61(72)56-54-52-50-48-46-44-42-40-38-35-26-24-22-20-18-16-14-12-10-8-6-4-2/h47,49,59-66,68,70-76H,3-46,48,50-58H2,1-2H3,(H,69,77)/b49-47+. The van der Waals surface area contributed by atoms with Gasteiger partial charge in [-0.1, -0.05) is 321 Å². The molecule has 0 aliphatic carbocycles. The fourth-order valence-electron chi connectivity index (χ4n) is 11.5. The lowest BCUT2D eigenvalue weighted by molar-refractivity contribution is -0.303. The van der Waals surface area contributed by atoms with Crippen LogP contribution >= 0.6 is 0 Å². The molecule has 1 heterocycles. The average molecular weight is 1120 g/mol. The Kier molecular flexibility index (Phi) is 55.0. The van der Waals surface area contributed by atoms with Crippen molar-refractivity contribution >= 4 is 5.91 Å². The SMILES string of the molecule is CCCCCCCCCCCCCCCCCCCCCCCCCCC/C=C/CCCC(O)C(O)C(COC1OC(CO)C(O)C(O)C1O)NC(=O)C(O)CCCCCCCCCCCCCCCCCCCCCCCC. The molecule has 0 saturated carbocycles. The van der Waals surface area contributed by atoms with Crippen LogP contribution < -0.4 is 5.32 Å². The predicted molar refractivity (Wildman–Crippen MR) is 330 cm³/mol. The van der Waals surface area contributed by atoms with Crippen molar-refractivity contribution in [1.29, 1.82) is 0 Å². The van der Waals surface area contributed by atoms with Crippen LogP contribution in [0, 0.1) is 0 Å². The Morgan fingerprint density at radius 2 is 0.747 bits per heavy atom. The zero-order valence-electron chi connectivity index (χ0n) is 51.9. The van der Waals surface area contributed by atoms with Crippen LogP contribution in [-0.4, -0.2) is 110 Å². The number of aliphatic hydroxyl groups excluding tert-OH is 7. The van der Waals surface area contributed by atoms with E-state index in [2.05, 4.69) is 31.3 Å². The fraction of sp³-hybridized carbons (Fsp3) is 0.956. The minimum Gasteiger partial charge on any atom is -0.394 e. The largest absolute Gasteiger partial charge is 0.394 e. The highest BCUT2D eigenvalue weighted by Gasteiger charge is 2.44. The molecule has 0 aromatic rings. The average Bonchev–Trinajstić information content (AvgIpc) is 3.46. The number of carbonyl (C=O) groups excluding carboxylic acids is 1. The maximum atomic E-state index is 13.2. The second kappa shape index (κ2) is 57.3. The summed E-state index contributed by atoms with van der Waals surface area (Å²) < 4.78 is 11.2. The quantitative estimate of drug-likeness (QED) is 0.0215. The van der Waals surface area contributed by atoms with Gasteiger partial charge in [-0.15, -0.1) is 0 Å². The van der Waals surface area contributed by atoms with E-state index in [4.69, 9.17) is 9.47 Å². The summed E-state index contributed by atoms with van der Waals surface area (Å²) in [7, 11) is 0. The van der Waals surface area contributed by atoms with E-state index in [0.717, 1.165) is 32.1 Å². The lowest BCUT2D eigenvalue weighted by Crippen LogP contribution is -2.60. The number of amides is 1. The summed E-state index contributed by atoms with van der Waals surface area (Å²) in [6, 6.07) is -1.18. The summed E-state index contributed by atoms with van der Waals surface area (Å²) in [5.74, 6) is -0.698. The van der Waals surface area contributed by atoms with E-state index >= 15 is 0 Å². The molecule has 8 N–H and O–H groups in total. The van der Waals surface area contributed by atoms with Crippen molar-refractivity contribution in [3.63, 3.8) is 0 Å². The second-order valence-electron chi connectivity index (χ2n) is 24.6. The molecule has 1 aliphatic rings. The Hall–Kier alpha value is -1.15. The van der Waals surface area contributed by atoms with Crippen molar-refractivity contribution in [3.05, 3.63) is 12.2 Å². The van der Waals surface area contributed by atoms with E-state index in [1.807, 2.05) is 0 Å². The van der Waals surface area contributed by atoms with Crippen LogP contribution in [0.25, 0.3) is 0 Å². The third-order valence-corrected chi connectivity index (χ3v) is 17.1. The number of carbonyl (C=O) groups is 1. The smallest absolute Gasteiger partial charge is 0.249 e. The molecule has 0 aromatic heterocycles. The fourth-order valence-corrected chi connectivity index (χ4v) is 11.5. The molecule has 1 amide bonds. The van der Waals surface area contributed by atoms with Gasteiger partial charge in [0.25, 0.3) is 0 Å². The van der Waals surface area contributed by atoms with E-state index in [1.54, 1.807) is 0 Å². The Labute approximate surface area is 487 Å². The van der Waals surface area contributed by atoms with Crippen LogP contribution in [-0.2, 0) is 14.3 Å². The van der Waals surface area contributed by atoms with Crippen LogP contribution in [0.1, 0.15) is 348 Å². The minimum absolute atomic E-state index is 0.260. The number of aliphatic hydroxyl groups is 7. The normalized spacial score (nSPS) is 19.3. The molecular weight excluding hydrogens is 991 g/mol. The van der Waals surface area contributed by atoms with Gasteiger partial charge in [0, 0.05) is 0 Å². The first-order valence-electron chi connectivity index (χ1n) is 34.6. The number of rotatable bonds is 61. The Morgan fingerprint density at radius 3 is 1.09 bits per heavy atom. The maximum absolute atomic E-state index is 13.2. The molecule has 0 aromatic carbocycles. The van der Waals surface area contributed by atoms with Crippen LogP contribution in [0.5, 0.6) is 0 Å². The first-order chi connectivity index (χ1) is 38.7. The van der Waals surface area contributed by atoms with Gasteiger partial charge in [0.05, 0.1) is 25.4 Å². The van der Waals surface area contributed by atoms with Gasteiger partial charge in [-0.2, -0.15) is 0 Å². The molecule has 0 spiro atoms. The van der Waals surface area contributed by atoms with Gasteiger partial charge in [0.2, 0.25) is 5.91 Å². The molecule has 11 nitrogen and oxygen atoms in total. The van der Waals surface area contributed by atoms with E-state index in [0.29, 0.717) is 12.8 Å². The molecule has 0 radical (unpaired) electrons. The first kappa shape index (κ1) is 75.9. The third-order valence-electron chi connectivity index (χ3n) is 17.1. The zero-order chi connectivity index (χ0) is 57.5. The van der Waals surface area contributed by atoms with Crippen molar-refractivity contribution in [1.82, 2.24) is 5.32 Å². The lowest BCUT2D eigenvalue weighted by atomic mass is 9.98. The van der Waals surface area contributed by atoms with Crippen molar-refractivity contribution in [3.8, 4) is 0 Å². The van der Waals surface area contributed by atoms with Crippen LogP contribution in [0.2, 0.25) is 0 Å². The monoisotopic (exact) mass is 1120 g/mol. The van der Waals surface area contributed by atoms with Gasteiger partial charge in [-0.25, -0.2) is 0 Å². The molecule has 11 heteroatoms. The molecule has 79 heavy (non-hydrogen) atoms. The molecule has 9 atom stereocenters. The van der Waals surface area contributed by atoms with Crippen LogP contribution in [0.15, 0.2) is 12.2 Å². The number of hydrogen-bond acceptors (Lipinski definition) is 10. The lowest BCUT2D eigenvalue weighted by Gasteiger charge is -2.40.